The van der Waals surface area contributed by atoms with E-state index in [4.69, 9.17) is 4.42 Å². The van der Waals surface area contributed by atoms with Crippen molar-refractivity contribution in [2.24, 2.45) is 0 Å². The van der Waals surface area contributed by atoms with Crippen LogP contribution in [0.2, 0.25) is 0 Å². The molecule has 5 nitrogen and oxygen atoms in total. The zero-order chi connectivity index (χ0) is 18.5. The number of benzene rings is 2. The average Bonchev–Trinajstić information content (AvgIpc) is 3.03. The molecular formula is C21H23N3O2. The van der Waals surface area contributed by atoms with Crippen LogP contribution >= 0.6 is 0 Å². The van der Waals surface area contributed by atoms with Crippen LogP contribution in [0.4, 0.5) is 10.5 Å². The van der Waals surface area contributed by atoms with E-state index in [1.54, 1.807) is 6.26 Å². The first kappa shape index (κ1) is 17.7. The number of amides is 2. The number of aryl methyl sites for hydroxylation is 3. The molecule has 0 spiro atoms. The second kappa shape index (κ2) is 7.87. The normalized spacial score (nSPS) is 10.6. The summed E-state index contributed by atoms with van der Waals surface area (Å²) in [7, 11) is 0. The number of anilines is 1. The Balaban J connectivity index is 1.50. The standard InChI is InChI=1S/C21H23N3O2/c1-14-4-6-17(7-5-14)20-23-18(13-26-20)8-9-22-21(25)24-19-11-15(2)10-16(3)12-19/h4-7,10-13H,8-9H2,1-3H3,(H2,22,24,25). The van der Waals surface area contributed by atoms with Crippen molar-refractivity contribution in [3.05, 3.63) is 71.1 Å². The molecule has 0 bridgehead atoms. The van der Waals surface area contributed by atoms with Crippen LogP contribution in [0.1, 0.15) is 22.4 Å². The number of carbonyl (C=O) groups excluding carboxylic acids is 1. The molecule has 3 aromatic rings. The van der Waals surface area contributed by atoms with Crippen LogP contribution in [0.15, 0.2) is 53.1 Å². The fraction of sp³-hybridized carbons (Fsp3) is 0.238. The van der Waals surface area contributed by atoms with Crippen LogP contribution < -0.4 is 10.6 Å². The summed E-state index contributed by atoms with van der Waals surface area (Å²) < 4.78 is 5.53. The lowest BCUT2D eigenvalue weighted by Gasteiger charge is -2.08. The smallest absolute Gasteiger partial charge is 0.319 e. The first-order valence-corrected chi connectivity index (χ1v) is 8.64. The summed E-state index contributed by atoms with van der Waals surface area (Å²) in [5.74, 6) is 0.597. The van der Waals surface area contributed by atoms with Crippen molar-refractivity contribution in [2.45, 2.75) is 27.2 Å². The Morgan fingerprint density at radius 3 is 2.38 bits per heavy atom. The van der Waals surface area contributed by atoms with Gasteiger partial charge in [0.05, 0.1) is 5.69 Å². The van der Waals surface area contributed by atoms with Crippen molar-refractivity contribution in [2.75, 3.05) is 11.9 Å². The third-order valence-corrected chi connectivity index (χ3v) is 4.00. The van der Waals surface area contributed by atoms with E-state index in [0.717, 1.165) is 28.1 Å². The molecule has 0 aliphatic rings. The van der Waals surface area contributed by atoms with Gasteiger partial charge in [0.2, 0.25) is 5.89 Å². The molecular weight excluding hydrogens is 326 g/mol. The van der Waals surface area contributed by atoms with Gasteiger partial charge in [0.1, 0.15) is 6.26 Å². The number of urea groups is 1. The highest BCUT2D eigenvalue weighted by molar-refractivity contribution is 5.89. The number of nitrogens with one attached hydrogen (secondary N) is 2. The van der Waals surface area contributed by atoms with Crippen molar-refractivity contribution < 1.29 is 9.21 Å². The van der Waals surface area contributed by atoms with E-state index in [9.17, 15) is 4.79 Å². The van der Waals surface area contributed by atoms with E-state index >= 15 is 0 Å². The summed E-state index contributed by atoms with van der Waals surface area (Å²) in [6.07, 6.45) is 2.24. The van der Waals surface area contributed by atoms with E-state index in [1.807, 2.05) is 57.2 Å². The van der Waals surface area contributed by atoms with Crippen LogP contribution in [-0.2, 0) is 6.42 Å². The maximum absolute atomic E-state index is 12.0. The second-order valence-electron chi connectivity index (χ2n) is 6.52. The minimum atomic E-state index is -0.225. The first-order valence-electron chi connectivity index (χ1n) is 8.64. The summed E-state index contributed by atoms with van der Waals surface area (Å²) >= 11 is 0. The third-order valence-electron chi connectivity index (χ3n) is 4.00. The molecule has 2 N–H and O–H groups in total. The van der Waals surface area contributed by atoms with Gasteiger partial charge in [-0.2, -0.15) is 0 Å². The number of rotatable bonds is 5. The summed E-state index contributed by atoms with van der Waals surface area (Å²) in [6.45, 7) is 6.54. The van der Waals surface area contributed by atoms with Crippen molar-refractivity contribution in [3.8, 4) is 11.5 Å². The largest absolute Gasteiger partial charge is 0.444 e. The highest BCUT2D eigenvalue weighted by Crippen LogP contribution is 2.19. The molecule has 0 saturated carbocycles. The molecule has 134 valence electrons. The SMILES string of the molecule is Cc1ccc(-c2nc(CCNC(=O)Nc3cc(C)cc(C)c3)co2)cc1. The van der Waals surface area contributed by atoms with Crippen molar-refractivity contribution >= 4 is 11.7 Å². The van der Waals surface area contributed by atoms with Crippen LogP contribution in [0.3, 0.4) is 0 Å². The topological polar surface area (TPSA) is 67.2 Å². The zero-order valence-electron chi connectivity index (χ0n) is 15.3. The Labute approximate surface area is 153 Å². The number of hydrogen-bond acceptors (Lipinski definition) is 3. The van der Waals surface area contributed by atoms with Crippen LogP contribution in [0.25, 0.3) is 11.5 Å². The number of hydrogen-bond donors (Lipinski definition) is 2. The van der Waals surface area contributed by atoms with E-state index in [2.05, 4.69) is 21.7 Å². The second-order valence-corrected chi connectivity index (χ2v) is 6.52. The summed E-state index contributed by atoms with van der Waals surface area (Å²) in [4.78, 5) is 16.5. The average molecular weight is 349 g/mol. The molecule has 0 saturated heterocycles. The Hall–Kier alpha value is -3.08. The van der Waals surface area contributed by atoms with Crippen LogP contribution in [0, 0.1) is 20.8 Å². The monoisotopic (exact) mass is 349 g/mol. The molecule has 5 heteroatoms. The predicted octanol–water partition coefficient (Wildman–Crippen LogP) is 4.63. The lowest BCUT2D eigenvalue weighted by molar-refractivity contribution is 0.252. The van der Waals surface area contributed by atoms with Gasteiger partial charge in [-0.15, -0.1) is 0 Å². The number of nitrogens with zero attached hydrogens (tertiary/aromatic N) is 1. The Morgan fingerprint density at radius 1 is 1.00 bits per heavy atom. The number of oxazole rings is 1. The van der Waals surface area contributed by atoms with Crippen molar-refractivity contribution in [1.29, 1.82) is 0 Å². The Bertz CT molecular complexity index is 878. The highest BCUT2D eigenvalue weighted by atomic mass is 16.3. The molecule has 0 aliphatic carbocycles. The third kappa shape index (κ3) is 4.72. The minimum absolute atomic E-state index is 0.225. The molecule has 3 rings (SSSR count). The fourth-order valence-electron chi connectivity index (χ4n) is 2.78. The van der Waals surface area contributed by atoms with Gasteiger partial charge in [-0.05, 0) is 56.2 Å². The lowest BCUT2D eigenvalue weighted by atomic mass is 10.1. The molecule has 26 heavy (non-hydrogen) atoms. The van der Waals surface area contributed by atoms with E-state index in [-0.39, 0.29) is 6.03 Å². The van der Waals surface area contributed by atoms with E-state index < -0.39 is 0 Å². The summed E-state index contributed by atoms with van der Waals surface area (Å²) in [5.41, 5.74) is 5.98. The molecule has 0 aliphatic heterocycles. The van der Waals surface area contributed by atoms with Gasteiger partial charge in [0, 0.05) is 24.2 Å². The first-order chi connectivity index (χ1) is 12.5. The van der Waals surface area contributed by atoms with E-state index in [1.165, 1.54) is 5.56 Å². The quantitative estimate of drug-likeness (QED) is 0.705. The number of carbonyl (C=O) groups is 1. The molecule has 2 aromatic carbocycles. The van der Waals surface area contributed by atoms with Gasteiger partial charge in [0.15, 0.2) is 0 Å². The highest BCUT2D eigenvalue weighted by Gasteiger charge is 2.07. The molecule has 0 atom stereocenters. The Kier molecular flexibility index (Phi) is 5.37. The summed E-state index contributed by atoms with van der Waals surface area (Å²) in [6, 6.07) is 13.8. The van der Waals surface area contributed by atoms with Gasteiger partial charge in [0.25, 0.3) is 0 Å². The maximum atomic E-state index is 12.0. The van der Waals surface area contributed by atoms with E-state index in [0.29, 0.717) is 18.9 Å². The number of aromatic nitrogens is 1. The van der Waals surface area contributed by atoms with Gasteiger partial charge < -0.3 is 15.1 Å². The van der Waals surface area contributed by atoms with Gasteiger partial charge in [-0.1, -0.05) is 23.8 Å². The zero-order valence-corrected chi connectivity index (χ0v) is 15.3. The molecule has 2 amide bonds. The minimum Gasteiger partial charge on any atom is -0.444 e. The predicted molar refractivity (Wildman–Crippen MR) is 103 cm³/mol. The molecule has 0 radical (unpaired) electrons. The molecule has 1 heterocycles. The van der Waals surface area contributed by atoms with Crippen LogP contribution in [0.5, 0.6) is 0 Å². The van der Waals surface area contributed by atoms with Gasteiger partial charge in [-0.3, -0.25) is 0 Å². The van der Waals surface area contributed by atoms with Crippen molar-refractivity contribution in [3.63, 3.8) is 0 Å². The molecule has 1 aromatic heterocycles. The molecule has 0 unspecified atom stereocenters. The summed E-state index contributed by atoms with van der Waals surface area (Å²) in [5, 5.41) is 5.70. The Morgan fingerprint density at radius 2 is 1.69 bits per heavy atom. The lowest BCUT2D eigenvalue weighted by Crippen LogP contribution is -2.30. The van der Waals surface area contributed by atoms with Gasteiger partial charge >= 0.3 is 6.03 Å². The molecule has 0 fully saturated rings. The van der Waals surface area contributed by atoms with Gasteiger partial charge in [-0.25, -0.2) is 9.78 Å². The fourth-order valence-corrected chi connectivity index (χ4v) is 2.78. The van der Waals surface area contributed by atoms with Crippen molar-refractivity contribution in [1.82, 2.24) is 10.3 Å². The maximum Gasteiger partial charge on any atom is 0.319 e. The van der Waals surface area contributed by atoms with Crippen LogP contribution in [-0.4, -0.2) is 17.6 Å².